The summed E-state index contributed by atoms with van der Waals surface area (Å²) in [6.45, 7) is 0. The molecule has 0 amide bonds. The van der Waals surface area contributed by atoms with Gasteiger partial charge in [0.25, 0.3) is 0 Å². The molecule has 0 saturated heterocycles. The third-order valence-corrected chi connectivity index (χ3v) is 3.35. The SMILES string of the molecule is O=C([O-])C1=NN(c2ccccc2)C(c2ccccc2)C1.[Na+]. The minimum atomic E-state index is -1.20. The monoisotopic (exact) mass is 288 g/mol. The van der Waals surface area contributed by atoms with Crippen molar-refractivity contribution in [3.8, 4) is 0 Å². The van der Waals surface area contributed by atoms with E-state index >= 15 is 0 Å². The molecule has 1 atom stereocenters. The van der Waals surface area contributed by atoms with Crippen LogP contribution in [0.25, 0.3) is 0 Å². The average Bonchev–Trinajstić information content (AvgIpc) is 2.94. The second-order valence-corrected chi connectivity index (χ2v) is 4.64. The third kappa shape index (κ3) is 3.35. The van der Waals surface area contributed by atoms with Gasteiger partial charge in [0, 0.05) is 6.42 Å². The number of hydrazone groups is 1. The van der Waals surface area contributed by atoms with Gasteiger partial charge in [-0.25, -0.2) is 0 Å². The van der Waals surface area contributed by atoms with Crippen molar-refractivity contribution in [1.29, 1.82) is 0 Å². The van der Waals surface area contributed by atoms with Crippen LogP contribution in [0.2, 0.25) is 0 Å². The van der Waals surface area contributed by atoms with Crippen LogP contribution in [0.4, 0.5) is 5.69 Å². The Hall–Kier alpha value is -1.62. The van der Waals surface area contributed by atoms with Crippen molar-refractivity contribution in [2.24, 2.45) is 5.10 Å². The van der Waals surface area contributed by atoms with E-state index in [2.05, 4.69) is 5.10 Å². The summed E-state index contributed by atoms with van der Waals surface area (Å²) in [7, 11) is 0. The van der Waals surface area contributed by atoms with Crippen LogP contribution in [0.15, 0.2) is 65.8 Å². The molecule has 0 aliphatic carbocycles. The number of carboxylic acids is 1. The predicted octanol–water partition coefficient (Wildman–Crippen LogP) is -1.25. The van der Waals surface area contributed by atoms with Crippen LogP contribution in [0, 0.1) is 0 Å². The summed E-state index contributed by atoms with van der Waals surface area (Å²) in [6.07, 6.45) is 0.348. The molecule has 100 valence electrons. The van der Waals surface area contributed by atoms with E-state index in [0.717, 1.165) is 11.3 Å². The summed E-state index contributed by atoms with van der Waals surface area (Å²) in [5.41, 5.74) is 2.00. The van der Waals surface area contributed by atoms with Gasteiger partial charge in [0.15, 0.2) is 0 Å². The van der Waals surface area contributed by atoms with Crippen molar-refractivity contribution in [3.63, 3.8) is 0 Å². The van der Waals surface area contributed by atoms with E-state index in [0.29, 0.717) is 6.42 Å². The van der Waals surface area contributed by atoms with Crippen LogP contribution in [-0.4, -0.2) is 11.7 Å². The minimum Gasteiger partial charge on any atom is -0.543 e. The van der Waals surface area contributed by atoms with Crippen LogP contribution >= 0.6 is 0 Å². The fourth-order valence-electron chi connectivity index (χ4n) is 2.39. The van der Waals surface area contributed by atoms with Crippen molar-refractivity contribution < 1.29 is 39.5 Å². The fourth-order valence-corrected chi connectivity index (χ4v) is 2.39. The van der Waals surface area contributed by atoms with Gasteiger partial charge in [-0.1, -0.05) is 48.5 Å². The molecule has 0 radical (unpaired) electrons. The summed E-state index contributed by atoms with van der Waals surface area (Å²) in [5.74, 6) is -1.20. The van der Waals surface area contributed by atoms with E-state index < -0.39 is 5.97 Å². The molecular weight excluding hydrogens is 275 g/mol. The number of carbonyl (C=O) groups excluding carboxylic acids is 1. The molecule has 2 aromatic carbocycles. The molecule has 1 heterocycles. The van der Waals surface area contributed by atoms with Crippen molar-refractivity contribution in [3.05, 3.63) is 66.2 Å². The number of benzene rings is 2. The quantitative estimate of drug-likeness (QED) is 0.663. The second kappa shape index (κ2) is 6.89. The van der Waals surface area contributed by atoms with Gasteiger partial charge in [0.05, 0.1) is 23.4 Å². The van der Waals surface area contributed by atoms with Gasteiger partial charge in [-0.3, -0.25) is 5.01 Å². The van der Waals surface area contributed by atoms with Crippen LogP contribution in [0.3, 0.4) is 0 Å². The number of hydrogen-bond acceptors (Lipinski definition) is 4. The zero-order valence-electron chi connectivity index (χ0n) is 11.8. The summed E-state index contributed by atoms with van der Waals surface area (Å²) in [5, 5.41) is 17.0. The molecule has 1 unspecified atom stereocenters. The number of carboxylic acid groups (broad SMARTS) is 1. The topological polar surface area (TPSA) is 55.7 Å². The van der Waals surface area contributed by atoms with Crippen molar-refractivity contribution in [2.45, 2.75) is 12.5 Å². The zero-order chi connectivity index (χ0) is 13.9. The van der Waals surface area contributed by atoms with Crippen molar-refractivity contribution >= 4 is 17.4 Å². The maximum atomic E-state index is 11.1. The second-order valence-electron chi connectivity index (χ2n) is 4.64. The molecule has 0 bridgehead atoms. The summed E-state index contributed by atoms with van der Waals surface area (Å²) in [4.78, 5) is 11.1. The molecule has 0 fully saturated rings. The summed E-state index contributed by atoms with van der Waals surface area (Å²) >= 11 is 0. The first-order valence-electron chi connectivity index (χ1n) is 6.44. The van der Waals surface area contributed by atoms with E-state index in [1.807, 2.05) is 60.7 Å². The molecule has 0 saturated carbocycles. The maximum absolute atomic E-state index is 11.1. The van der Waals surface area contributed by atoms with Crippen LogP contribution in [0.1, 0.15) is 18.0 Å². The molecular formula is C16H13N2NaO2. The van der Waals surface area contributed by atoms with Gasteiger partial charge < -0.3 is 9.90 Å². The van der Waals surface area contributed by atoms with Gasteiger partial charge >= 0.3 is 29.6 Å². The largest absolute Gasteiger partial charge is 1.00 e. The van der Waals surface area contributed by atoms with E-state index in [9.17, 15) is 9.90 Å². The molecule has 5 heteroatoms. The molecule has 4 nitrogen and oxygen atoms in total. The minimum absolute atomic E-state index is 0. The molecule has 0 N–H and O–H groups in total. The van der Waals surface area contributed by atoms with Crippen LogP contribution in [0.5, 0.6) is 0 Å². The van der Waals surface area contributed by atoms with Gasteiger partial charge in [0.2, 0.25) is 0 Å². The number of hydrogen-bond donors (Lipinski definition) is 0. The van der Waals surface area contributed by atoms with E-state index in [1.54, 1.807) is 5.01 Å². The summed E-state index contributed by atoms with van der Waals surface area (Å²) < 4.78 is 0. The van der Waals surface area contributed by atoms with Gasteiger partial charge in [-0.15, -0.1) is 0 Å². The molecule has 2 aromatic rings. The Morgan fingerprint density at radius 3 is 2.19 bits per heavy atom. The van der Waals surface area contributed by atoms with Gasteiger partial charge in [0.1, 0.15) is 0 Å². The van der Waals surface area contributed by atoms with E-state index in [1.165, 1.54) is 0 Å². The first-order valence-corrected chi connectivity index (χ1v) is 6.44. The normalized spacial score (nSPS) is 17.0. The Morgan fingerprint density at radius 2 is 1.62 bits per heavy atom. The smallest absolute Gasteiger partial charge is 0.543 e. The number of aliphatic carboxylic acids is 1. The van der Waals surface area contributed by atoms with E-state index in [-0.39, 0.29) is 41.3 Å². The fraction of sp³-hybridized carbons (Fsp3) is 0.125. The molecule has 1 aliphatic rings. The molecule has 0 aromatic heterocycles. The number of carbonyl (C=O) groups is 1. The Bertz CT molecular complexity index is 644. The van der Waals surface area contributed by atoms with Crippen LogP contribution in [-0.2, 0) is 4.79 Å². The van der Waals surface area contributed by atoms with Gasteiger partial charge in [-0.05, 0) is 17.7 Å². The standard InChI is InChI=1S/C16H14N2O2.Na/c19-16(20)14-11-15(12-7-3-1-4-8-12)18(17-14)13-9-5-2-6-10-13;/h1-10,15H,11H2,(H,19,20);/q;+1/p-1. The van der Waals surface area contributed by atoms with E-state index in [4.69, 9.17) is 0 Å². The third-order valence-electron chi connectivity index (χ3n) is 3.35. The number of para-hydroxylation sites is 1. The summed E-state index contributed by atoms with van der Waals surface area (Å²) in [6, 6.07) is 19.2. The van der Waals surface area contributed by atoms with Gasteiger partial charge in [-0.2, -0.15) is 5.10 Å². The first kappa shape index (κ1) is 15.8. The van der Waals surface area contributed by atoms with Crippen molar-refractivity contribution in [2.75, 3.05) is 5.01 Å². The Balaban J connectivity index is 0.00000161. The zero-order valence-corrected chi connectivity index (χ0v) is 13.8. The molecule has 3 rings (SSSR count). The number of anilines is 1. The number of nitrogens with zero attached hydrogens (tertiary/aromatic N) is 2. The Kier molecular flexibility index (Phi) is 5.17. The average molecular weight is 288 g/mol. The first-order chi connectivity index (χ1) is 9.75. The van der Waals surface area contributed by atoms with Crippen LogP contribution < -0.4 is 39.7 Å². The predicted molar refractivity (Wildman–Crippen MR) is 75.2 cm³/mol. The van der Waals surface area contributed by atoms with Crippen molar-refractivity contribution in [1.82, 2.24) is 0 Å². The Morgan fingerprint density at radius 1 is 1.05 bits per heavy atom. The Labute approximate surface area is 145 Å². The maximum Gasteiger partial charge on any atom is 1.00 e. The molecule has 1 aliphatic heterocycles. The molecule has 0 spiro atoms. The molecule has 21 heavy (non-hydrogen) atoms. The number of rotatable bonds is 3.